The third-order valence-electron chi connectivity index (χ3n) is 7.22. The fourth-order valence-corrected chi connectivity index (χ4v) is 5.46. The van der Waals surface area contributed by atoms with Gasteiger partial charge in [-0.05, 0) is 35.4 Å². The van der Waals surface area contributed by atoms with E-state index >= 15 is 0 Å². The number of carbonyl (C=O) groups excluding carboxylic acids is 2. The molecule has 202 valence electrons. The van der Waals surface area contributed by atoms with E-state index in [-0.39, 0.29) is 45.6 Å². The molecule has 0 bridgehead atoms. The molecule has 6 N–H and O–H groups in total. The van der Waals surface area contributed by atoms with Gasteiger partial charge < -0.3 is 40.1 Å². The number of aromatic hydroxyl groups is 6. The fraction of sp³-hybridized carbons (Fsp3) is 0.133. The Morgan fingerprint density at radius 1 is 0.475 bits per heavy atom. The van der Waals surface area contributed by atoms with E-state index in [0.717, 1.165) is 12.1 Å². The number of Topliss-reactive ketones (excluding diaryl/α,β-unsaturated/α-hetero) is 2. The lowest BCUT2D eigenvalue weighted by atomic mass is 9.69. The van der Waals surface area contributed by atoms with Gasteiger partial charge in [-0.15, -0.1) is 0 Å². The van der Waals surface area contributed by atoms with Gasteiger partial charge in [-0.1, -0.05) is 24.3 Å². The minimum atomic E-state index is -1.33. The molecule has 40 heavy (non-hydrogen) atoms. The topological polar surface area (TPSA) is 174 Å². The summed E-state index contributed by atoms with van der Waals surface area (Å²) in [5, 5.41) is 61.1. The molecule has 10 heteroatoms. The van der Waals surface area contributed by atoms with Crippen LogP contribution in [0.4, 0.5) is 0 Å². The van der Waals surface area contributed by atoms with Crippen molar-refractivity contribution in [1.82, 2.24) is 0 Å². The Morgan fingerprint density at radius 2 is 0.825 bits per heavy atom. The summed E-state index contributed by atoms with van der Waals surface area (Å²) >= 11 is 0. The van der Waals surface area contributed by atoms with Crippen molar-refractivity contribution in [2.24, 2.45) is 11.8 Å². The first-order valence-electron chi connectivity index (χ1n) is 12.2. The fourth-order valence-electron chi connectivity index (χ4n) is 5.46. The maximum Gasteiger partial charge on any atom is 0.178 e. The van der Waals surface area contributed by atoms with E-state index in [2.05, 4.69) is 0 Å². The summed E-state index contributed by atoms with van der Waals surface area (Å²) in [5.41, 5.74) is 0.330. The lowest BCUT2D eigenvalue weighted by molar-refractivity contribution is 0.0129. The van der Waals surface area contributed by atoms with E-state index in [1.165, 1.54) is 60.7 Å². The molecule has 2 aliphatic rings. The Balaban J connectivity index is 1.59. The van der Waals surface area contributed by atoms with Crippen LogP contribution in [0, 0.1) is 11.8 Å². The Labute approximate surface area is 226 Å². The third kappa shape index (κ3) is 3.97. The SMILES string of the molecule is O=C1c2c(O)cc(O)cc2O[C@H](c2ccc(O)cc2)[C@H]1[C@H]1C(=O)c2c(O)cc(O)cc2O[C@H]1c1ccc(O)cc1. The second kappa shape index (κ2) is 9.12. The first kappa shape index (κ1) is 24.9. The van der Waals surface area contributed by atoms with Crippen LogP contribution in [0.15, 0.2) is 72.8 Å². The summed E-state index contributed by atoms with van der Waals surface area (Å²) in [7, 11) is 0. The maximum absolute atomic E-state index is 14.2. The normalized spacial score (nSPS) is 21.6. The average molecular weight is 542 g/mol. The smallest absolute Gasteiger partial charge is 0.178 e. The molecule has 0 saturated heterocycles. The third-order valence-corrected chi connectivity index (χ3v) is 7.22. The predicted molar refractivity (Wildman–Crippen MR) is 138 cm³/mol. The lowest BCUT2D eigenvalue weighted by Gasteiger charge is -2.42. The van der Waals surface area contributed by atoms with Gasteiger partial charge in [0.1, 0.15) is 69.3 Å². The van der Waals surface area contributed by atoms with Crippen molar-refractivity contribution in [3.05, 3.63) is 95.1 Å². The molecule has 4 aromatic rings. The van der Waals surface area contributed by atoms with Gasteiger partial charge in [-0.3, -0.25) is 9.59 Å². The van der Waals surface area contributed by atoms with E-state index in [1.807, 2.05) is 0 Å². The summed E-state index contributed by atoms with van der Waals surface area (Å²) in [5.74, 6) is -6.10. The molecule has 0 saturated carbocycles. The summed E-state index contributed by atoms with van der Waals surface area (Å²) in [6.45, 7) is 0. The van der Waals surface area contributed by atoms with Gasteiger partial charge in [0.25, 0.3) is 0 Å². The van der Waals surface area contributed by atoms with E-state index in [0.29, 0.717) is 11.1 Å². The molecule has 0 unspecified atom stereocenters. The van der Waals surface area contributed by atoms with Crippen LogP contribution >= 0.6 is 0 Å². The molecular formula is C30H22O10. The molecule has 0 radical (unpaired) electrons. The van der Waals surface area contributed by atoms with Gasteiger partial charge in [0.15, 0.2) is 11.6 Å². The van der Waals surface area contributed by atoms with Crippen LogP contribution in [-0.2, 0) is 0 Å². The molecule has 4 aromatic carbocycles. The Hall–Kier alpha value is -5.38. The van der Waals surface area contributed by atoms with Crippen LogP contribution in [0.3, 0.4) is 0 Å². The van der Waals surface area contributed by atoms with Crippen LogP contribution in [-0.4, -0.2) is 42.2 Å². The van der Waals surface area contributed by atoms with Gasteiger partial charge in [0, 0.05) is 24.3 Å². The molecule has 0 fully saturated rings. The van der Waals surface area contributed by atoms with Gasteiger partial charge in [-0.2, -0.15) is 0 Å². The first-order valence-corrected chi connectivity index (χ1v) is 12.2. The van der Waals surface area contributed by atoms with Gasteiger partial charge in [0.2, 0.25) is 0 Å². The number of ketones is 2. The van der Waals surface area contributed by atoms with Crippen LogP contribution in [0.5, 0.6) is 46.0 Å². The Bertz CT molecular complexity index is 1530. The van der Waals surface area contributed by atoms with Gasteiger partial charge >= 0.3 is 0 Å². The molecule has 0 aliphatic carbocycles. The number of carbonyl (C=O) groups is 2. The summed E-state index contributed by atoms with van der Waals surface area (Å²) < 4.78 is 12.3. The zero-order valence-corrected chi connectivity index (χ0v) is 20.6. The second-order valence-electron chi connectivity index (χ2n) is 9.72. The number of hydrogen-bond acceptors (Lipinski definition) is 10. The van der Waals surface area contributed by atoms with Crippen molar-refractivity contribution in [3.8, 4) is 46.0 Å². The number of hydrogen-bond donors (Lipinski definition) is 6. The van der Waals surface area contributed by atoms with Crippen molar-refractivity contribution in [3.63, 3.8) is 0 Å². The number of fused-ring (bicyclic) bond motifs is 2. The van der Waals surface area contributed by atoms with Crippen molar-refractivity contribution in [2.45, 2.75) is 12.2 Å². The van der Waals surface area contributed by atoms with E-state index in [9.17, 15) is 40.2 Å². The largest absolute Gasteiger partial charge is 0.508 e. The molecule has 0 aromatic heterocycles. The highest BCUT2D eigenvalue weighted by molar-refractivity contribution is 6.11. The van der Waals surface area contributed by atoms with Crippen molar-refractivity contribution >= 4 is 11.6 Å². The van der Waals surface area contributed by atoms with Crippen molar-refractivity contribution in [1.29, 1.82) is 0 Å². The van der Waals surface area contributed by atoms with Gasteiger partial charge in [-0.25, -0.2) is 0 Å². The highest BCUT2D eigenvalue weighted by Crippen LogP contribution is 2.53. The van der Waals surface area contributed by atoms with E-state index in [1.54, 1.807) is 0 Å². The number of ether oxygens (including phenoxy) is 2. The van der Waals surface area contributed by atoms with Crippen molar-refractivity contribution < 1.29 is 49.7 Å². The molecule has 10 nitrogen and oxygen atoms in total. The summed E-state index contributed by atoms with van der Waals surface area (Å²) in [4.78, 5) is 28.4. The molecule has 6 rings (SSSR count). The summed E-state index contributed by atoms with van der Waals surface area (Å²) in [6, 6.07) is 15.9. The first-order chi connectivity index (χ1) is 19.1. The number of phenols is 6. The second-order valence-corrected chi connectivity index (χ2v) is 9.72. The monoisotopic (exact) mass is 542 g/mol. The van der Waals surface area contributed by atoms with Crippen LogP contribution in [0.2, 0.25) is 0 Å². The molecule has 2 heterocycles. The Morgan fingerprint density at radius 3 is 1.18 bits per heavy atom. The van der Waals surface area contributed by atoms with Crippen LogP contribution in [0.1, 0.15) is 44.1 Å². The van der Waals surface area contributed by atoms with Crippen molar-refractivity contribution in [2.75, 3.05) is 0 Å². The average Bonchev–Trinajstić information content (AvgIpc) is 2.89. The molecule has 0 amide bonds. The predicted octanol–water partition coefficient (Wildman–Crippen LogP) is 4.49. The molecule has 0 spiro atoms. The highest BCUT2D eigenvalue weighted by Gasteiger charge is 2.53. The standard InChI is InChI=1S/C30H22O10/c31-15-5-1-13(2-6-15)29-25(27(37)23-19(35)9-17(33)11-21(23)39-29)26-28(38)24-20(36)10-18(34)12-22(24)40-30(26)14-3-7-16(32)8-4-14/h1-12,25-26,29-36H/t25-,26-,29-,30+/m0/s1. The highest BCUT2D eigenvalue weighted by atomic mass is 16.5. The van der Waals surface area contributed by atoms with E-state index < -0.39 is 47.1 Å². The maximum atomic E-state index is 14.2. The number of phenolic OH excluding ortho intramolecular Hbond substituents is 6. The zero-order valence-electron chi connectivity index (χ0n) is 20.6. The Kier molecular flexibility index (Phi) is 5.69. The minimum absolute atomic E-state index is 0.0455. The lowest BCUT2D eigenvalue weighted by Crippen LogP contribution is -2.45. The number of rotatable bonds is 3. The minimum Gasteiger partial charge on any atom is -0.508 e. The molecular weight excluding hydrogens is 520 g/mol. The zero-order chi connectivity index (χ0) is 28.3. The van der Waals surface area contributed by atoms with Crippen LogP contribution in [0.25, 0.3) is 0 Å². The van der Waals surface area contributed by atoms with Gasteiger partial charge in [0.05, 0.1) is 11.8 Å². The molecule has 4 atom stereocenters. The van der Waals surface area contributed by atoms with E-state index in [4.69, 9.17) is 9.47 Å². The summed E-state index contributed by atoms with van der Waals surface area (Å²) in [6.07, 6.45) is -2.31. The number of benzene rings is 4. The quantitative estimate of drug-likeness (QED) is 0.216. The molecule has 2 aliphatic heterocycles. The van der Waals surface area contributed by atoms with Crippen LogP contribution < -0.4 is 9.47 Å².